The summed E-state index contributed by atoms with van der Waals surface area (Å²) in [7, 11) is 0. The highest BCUT2D eigenvalue weighted by molar-refractivity contribution is 5.78. The van der Waals surface area contributed by atoms with E-state index in [0.29, 0.717) is 12.1 Å². The second-order valence-corrected chi connectivity index (χ2v) is 7.56. The molecule has 3 aromatic carbocycles. The second kappa shape index (κ2) is 10.1. The number of hydrogen-bond donors (Lipinski definition) is 1. The molecule has 0 amide bonds. The molecule has 0 aliphatic rings. The average Bonchev–Trinajstić information content (AvgIpc) is 2.77. The van der Waals surface area contributed by atoms with Gasteiger partial charge in [-0.15, -0.1) is 0 Å². The number of halogens is 2. The molecule has 3 rings (SSSR count). The van der Waals surface area contributed by atoms with Gasteiger partial charge in [-0.3, -0.25) is 9.69 Å². The van der Waals surface area contributed by atoms with Crippen LogP contribution in [0.2, 0.25) is 0 Å². The van der Waals surface area contributed by atoms with Crippen LogP contribution in [-0.4, -0.2) is 22.5 Å². The lowest BCUT2D eigenvalue weighted by Gasteiger charge is -2.23. The molecule has 0 fully saturated rings. The first-order chi connectivity index (χ1) is 14.8. The van der Waals surface area contributed by atoms with E-state index in [4.69, 9.17) is 5.11 Å². The van der Waals surface area contributed by atoms with Crippen LogP contribution >= 0.6 is 0 Å². The van der Waals surface area contributed by atoms with E-state index in [1.54, 1.807) is 11.8 Å². The van der Waals surface area contributed by atoms with Gasteiger partial charge in [0.1, 0.15) is 11.6 Å². The van der Waals surface area contributed by atoms with Crippen LogP contribution in [0.25, 0.3) is 5.57 Å². The van der Waals surface area contributed by atoms with Gasteiger partial charge in [-0.1, -0.05) is 61.2 Å². The van der Waals surface area contributed by atoms with Crippen molar-refractivity contribution in [1.82, 2.24) is 4.90 Å². The summed E-state index contributed by atoms with van der Waals surface area (Å²) in [5.41, 5.74) is 4.04. The lowest BCUT2D eigenvalue weighted by molar-refractivity contribution is -0.137. The molecule has 31 heavy (non-hydrogen) atoms. The summed E-state index contributed by atoms with van der Waals surface area (Å²) >= 11 is 0. The normalized spacial score (nSPS) is 11.0. The Kier molecular flexibility index (Phi) is 7.32. The smallest absolute Gasteiger partial charge is 0.304 e. The zero-order valence-corrected chi connectivity index (χ0v) is 17.4. The fourth-order valence-electron chi connectivity index (χ4n) is 3.47. The van der Waals surface area contributed by atoms with Crippen LogP contribution in [0.15, 0.2) is 73.3 Å². The molecule has 3 aromatic rings. The van der Waals surface area contributed by atoms with Crippen LogP contribution in [0.1, 0.15) is 34.2 Å². The summed E-state index contributed by atoms with van der Waals surface area (Å²) in [5.74, 6) is -2.18. The van der Waals surface area contributed by atoms with Crippen molar-refractivity contribution in [3.63, 3.8) is 0 Å². The largest absolute Gasteiger partial charge is 0.481 e. The van der Waals surface area contributed by atoms with E-state index in [1.807, 2.05) is 54.6 Å². The van der Waals surface area contributed by atoms with Crippen molar-refractivity contribution < 1.29 is 18.7 Å². The molecule has 5 heteroatoms. The minimum atomic E-state index is -0.957. The number of rotatable bonds is 9. The highest BCUT2D eigenvalue weighted by Crippen LogP contribution is 2.24. The van der Waals surface area contributed by atoms with E-state index < -0.39 is 17.6 Å². The maximum atomic E-state index is 14.5. The Balaban J connectivity index is 1.84. The van der Waals surface area contributed by atoms with Gasteiger partial charge in [0.05, 0.1) is 6.42 Å². The molecule has 0 bridgehead atoms. The Labute approximate surface area is 181 Å². The minimum Gasteiger partial charge on any atom is -0.481 e. The summed E-state index contributed by atoms with van der Waals surface area (Å²) < 4.78 is 28.8. The number of aliphatic carboxylic acids is 1. The first-order valence-corrected chi connectivity index (χ1v) is 10.1. The summed E-state index contributed by atoms with van der Waals surface area (Å²) in [6.07, 6.45) is -0.120. The van der Waals surface area contributed by atoms with Crippen molar-refractivity contribution in [3.8, 4) is 0 Å². The van der Waals surface area contributed by atoms with E-state index in [0.717, 1.165) is 22.3 Å². The number of aryl methyl sites for hydroxylation is 1. The number of carbonyl (C=O) groups is 1. The first-order valence-electron chi connectivity index (χ1n) is 10.1. The number of carboxylic acids is 1. The quantitative estimate of drug-likeness (QED) is 0.474. The molecule has 0 atom stereocenters. The van der Waals surface area contributed by atoms with Crippen molar-refractivity contribution in [2.75, 3.05) is 6.54 Å². The van der Waals surface area contributed by atoms with Gasteiger partial charge < -0.3 is 5.11 Å². The molecular weight excluding hydrogens is 396 g/mol. The molecule has 160 valence electrons. The van der Waals surface area contributed by atoms with E-state index in [2.05, 4.69) is 6.58 Å². The summed E-state index contributed by atoms with van der Waals surface area (Å²) in [5, 5.41) is 9.10. The van der Waals surface area contributed by atoms with Gasteiger partial charge in [0.25, 0.3) is 0 Å². The summed E-state index contributed by atoms with van der Waals surface area (Å²) in [6, 6.07) is 20.2. The Bertz CT molecular complexity index is 1080. The zero-order chi connectivity index (χ0) is 22.4. The van der Waals surface area contributed by atoms with Crippen molar-refractivity contribution in [1.29, 1.82) is 0 Å². The molecule has 0 aliphatic carbocycles. The van der Waals surface area contributed by atoms with Crippen molar-refractivity contribution in [3.05, 3.63) is 113 Å². The predicted molar refractivity (Wildman–Crippen MR) is 118 cm³/mol. The number of nitrogens with zero attached hydrogens (tertiary/aromatic N) is 1. The molecule has 0 saturated heterocycles. The summed E-state index contributed by atoms with van der Waals surface area (Å²) in [6.45, 7) is 6.28. The van der Waals surface area contributed by atoms with Crippen molar-refractivity contribution in [2.45, 2.75) is 26.4 Å². The van der Waals surface area contributed by atoms with Crippen molar-refractivity contribution in [2.24, 2.45) is 0 Å². The second-order valence-electron chi connectivity index (χ2n) is 7.56. The third kappa shape index (κ3) is 5.86. The molecule has 0 aromatic heterocycles. The minimum absolute atomic E-state index is 0.0174. The highest BCUT2D eigenvalue weighted by atomic mass is 19.1. The predicted octanol–water partition coefficient (Wildman–Crippen LogP) is 5.81. The lowest BCUT2D eigenvalue weighted by atomic mass is 9.98. The molecule has 0 heterocycles. The van der Waals surface area contributed by atoms with Gasteiger partial charge >= 0.3 is 5.97 Å². The average molecular weight is 421 g/mol. The molecule has 0 saturated carbocycles. The zero-order valence-electron chi connectivity index (χ0n) is 17.4. The third-order valence-electron chi connectivity index (χ3n) is 5.21. The maximum Gasteiger partial charge on any atom is 0.304 e. The van der Waals surface area contributed by atoms with Crippen LogP contribution in [0.4, 0.5) is 8.78 Å². The first kappa shape index (κ1) is 22.4. The van der Waals surface area contributed by atoms with Crippen LogP contribution in [-0.2, 0) is 17.9 Å². The third-order valence-corrected chi connectivity index (χ3v) is 5.21. The van der Waals surface area contributed by atoms with Crippen LogP contribution in [0.3, 0.4) is 0 Å². The van der Waals surface area contributed by atoms with Gasteiger partial charge in [-0.25, -0.2) is 8.78 Å². The molecule has 1 N–H and O–H groups in total. The SMILES string of the molecule is C=C(c1ccccc1)c1cccc(CN(CCC(=O)O)Cc2c(F)ccc(C)c2F)c1. The van der Waals surface area contributed by atoms with E-state index in [1.165, 1.54) is 12.1 Å². The van der Waals surface area contributed by atoms with Crippen LogP contribution < -0.4 is 0 Å². The highest BCUT2D eigenvalue weighted by Gasteiger charge is 2.17. The lowest BCUT2D eigenvalue weighted by Crippen LogP contribution is -2.27. The molecular formula is C26H25F2NO2. The summed E-state index contributed by atoms with van der Waals surface area (Å²) in [4.78, 5) is 12.9. The van der Waals surface area contributed by atoms with Crippen LogP contribution in [0, 0.1) is 18.6 Å². The molecule has 0 spiro atoms. The van der Waals surface area contributed by atoms with Crippen LogP contribution in [0.5, 0.6) is 0 Å². The fourth-order valence-corrected chi connectivity index (χ4v) is 3.47. The van der Waals surface area contributed by atoms with Gasteiger partial charge in [-0.05, 0) is 46.9 Å². The topological polar surface area (TPSA) is 40.5 Å². The maximum absolute atomic E-state index is 14.5. The van der Waals surface area contributed by atoms with Gasteiger partial charge in [-0.2, -0.15) is 0 Å². The standard InChI is InChI=1S/C26H25F2NO2/c1-18-11-12-24(27)23(26(18)28)17-29(14-13-25(30)31)16-20-7-6-10-22(15-20)19(2)21-8-4-3-5-9-21/h3-12,15H,2,13-14,16-17H2,1H3,(H,30,31). The Morgan fingerprint density at radius 3 is 2.39 bits per heavy atom. The Hall–Kier alpha value is -3.31. The van der Waals surface area contributed by atoms with E-state index in [-0.39, 0.29) is 25.1 Å². The van der Waals surface area contributed by atoms with E-state index >= 15 is 0 Å². The van der Waals surface area contributed by atoms with Crippen molar-refractivity contribution >= 4 is 11.5 Å². The molecule has 3 nitrogen and oxygen atoms in total. The monoisotopic (exact) mass is 421 g/mol. The van der Waals surface area contributed by atoms with Gasteiger partial charge in [0, 0.05) is 25.2 Å². The van der Waals surface area contributed by atoms with Gasteiger partial charge in [0.2, 0.25) is 0 Å². The fraction of sp³-hybridized carbons (Fsp3) is 0.192. The molecule has 0 aliphatic heterocycles. The number of hydrogen-bond acceptors (Lipinski definition) is 2. The molecule has 0 radical (unpaired) electrons. The molecule has 0 unspecified atom stereocenters. The Morgan fingerprint density at radius 1 is 0.968 bits per heavy atom. The number of benzene rings is 3. The van der Waals surface area contributed by atoms with E-state index in [9.17, 15) is 13.6 Å². The Morgan fingerprint density at radius 2 is 1.68 bits per heavy atom. The number of carboxylic acid groups (broad SMARTS) is 1. The van der Waals surface area contributed by atoms with Gasteiger partial charge in [0.15, 0.2) is 0 Å².